The Morgan fingerprint density at radius 3 is 2.10 bits per heavy atom. The van der Waals surface area contributed by atoms with Gasteiger partial charge in [-0.05, 0) is 30.5 Å². The number of aromatic hydroxyl groups is 1. The minimum atomic E-state index is -1.15. The Morgan fingerprint density at radius 2 is 1.63 bits per heavy atom. The van der Waals surface area contributed by atoms with Crippen LogP contribution in [0.25, 0.3) is 0 Å². The summed E-state index contributed by atoms with van der Waals surface area (Å²) in [5, 5.41) is 23.9. The van der Waals surface area contributed by atoms with Crippen LogP contribution in [0.2, 0.25) is 0 Å². The van der Waals surface area contributed by atoms with Crippen molar-refractivity contribution in [3.05, 3.63) is 29.8 Å². The van der Waals surface area contributed by atoms with Crippen molar-refractivity contribution in [2.45, 2.75) is 58.7 Å². The lowest BCUT2D eigenvalue weighted by molar-refractivity contribution is -0.150. The summed E-state index contributed by atoms with van der Waals surface area (Å²) in [5.41, 5.74) is 0.713. The van der Waals surface area contributed by atoms with Crippen LogP contribution in [0.5, 0.6) is 5.75 Å². The van der Waals surface area contributed by atoms with Gasteiger partial charge in [-0.15, -0.1) is 0 Å². The van der Waals surface area contributed by atoms with Gasteiger partial charge in [-0.3, -0.25) is 14.4 Å². The van der Waals surface area contributed by atoms with Gasteiger partial charge in [0, 0.05) is 20.4 Å². The van der Waals surface area contributed by atoms with Crippen LogP contribution >= 0.6 is 0 Å². The van der Waals surface area contributed by atoms with Crippen LogP contribution in [0.3, 0.4) is 0 Å². The van der Waals surface area contributed by atoms with E-state index < -0.39 is 41.8 Å². The second-order valence-electron chi connectivity index (χ2n) is 7.46. The number of nitrogens with one attached hydrogen (secondary N) is 2. The number of phenolic OH excluding ortho intramolecular Hbond substituents is 1. The number of likely N-dealkylation sites (N-methyl/N-ethyl adjacent to an activating group) is 1. The van der Waals surface area contributed by atoms with Crippen molar-refractivity contribution >= 4 is 23.7 Å². The number of carboxylic acid groups (broad SMARTS) is 1. The van der Waals surface area contributed by atoms with Gasteiger partial charge < -0.3 is 25.7 Å². The summed E-state index contributed by atoms with van der Waals surface area (Å²) in [6.45, 7) is 6.33. The minimum absolute atomic E-state index is 0.0808. The number of carbonyl (C=O) groups excluding carboxylic acids is 3. The van der Waals surface area contributed by atoms with Gasteiger partial charge in [-0.2, -0.15) is 0 Å². The zero-order valence-electron chi connectivity index (χ0n) is 18.0. The quantitative estimate of drug-likeness (QED) is 0.443. The summed E-state index contributed by atoms with van der Waals surface area (Å²) in [6.07, 6.45) is 0.739. The average Bonchev–Trinajstić information content (AvgIpc) is 2.70. The fourth-order valence-corrected chi connectivity index (χ4v) is 2.84. The van der Waals surface area contributed by atoms with Crippen molar-refractivity contribution in [3.63, 3.8) is 0 Å². The maximum atomic E-state index is 12.9. The molecular formula is C21H31N3O6. The Morgan fingerprint density at radius 1 is 1.07 bits per heavy atom. The van der Waals surface area contributed by atoms with Crippen molar-refractivity contribution < 1.29 is 29.4 Å². The minimum Gasteiger partial charge on any atom is -0.508 e. The number of carboxylic acids is 1. The highest BCUT2D eigenvalue weighted by Crippen LogP contribution is 2.14. The molecule has 0 aliphatic heterocycles. The van der Waals surface area contributed by atoms with Gasteiger partial charge in [0.2, 0.25) is 17.7 Å². The maximum Gasteiger partial charge on any atom is 0.326 e. The lowest BCUT2D eigenvalue weighted by atomic mass is 9.96. The third-order valence-corrected chi connectivity index (χ3v) is 5.13. The van der Waals surface area contributed by atoms with Gasteiger partial charge in [0.1, 0.15) is 23.9 Å². The number of phenols is 1. The summed E-state index contributed by atoms with van der Waals surface area (Å²) >= 11 is 0. The molecule has 0 saturated carbocycles. The molecule has 1 aromatic carbocycles. The van der Waals surface area contributed by atoms with E-state index in [4.69, 9.17) is 0 Å². The largest absolute Gasteiger partial charge is 0.508 e. The van der Waals surface area contributed by atoms with Gasteiger partial charge in [-0.1, -0.05) is 32.4 Å². The van der Waals surface area contributed by atoms with Crippen molar-refractivity contribution in [2.75, 3.05) is 7.05 Å². The lowest BCUT2D eigenvalue weighted by Crippen LogP contribution is -2.57. The standard InChI is InChI=1S/C21H31N3O6/c1-6-12(2)18(20(28)24(5)13(3)21(29)30)23-19(27)17(22-14(4)25)11-15-7-9-16(26)10-8-15/h7-10,12-13,17-18,26H,6,11H2,1-5H3,(H,22,25)(H,23,27)(H,29,30)/t12-,13-,17-,18-/m0/s1. The fourth-order valence-electron chi connectivity index (χ4n) is 2.84. The van der Waals surface area contributed by atoms with Crippen LogP contribution < -0.4 is 10.6 Å². The molecule has 0 aromatic heterocycles. The number of amides is 3. The van der Waals surface area contributed by atoms with Crippen molar-refractivity contribution in [3.8, 4) is 5.75 Å². The van der Waals surface area contributed by atoms with E-state index in [0.717, 1.165) is 4.90 Å². The second kappa shape index (κ2) is 11.2. The van der Waals surface area contributed by atoms with E-state index in [-0.39, 0.29) is 18.1 Å². The molecule has 3 amide bonds. The molecule has 0 heterocycles. The second-order valence-corrected chi connectivity index (χ2v) is 7.46. The van der Waals surface area contributed by atoms with E-state index >= 15 is 0 Å². The third-order valence-electron chi connectivity index (χ3n) is 5.13. The molecule has 0 aliphatic carbocycles. The molecule has 0 aliphatic rings. The molecule has 4 N–H and O–H groups in total. The zero-order chi connectivity index (χ0) is 23.0. The highest BCUT2D eigenvalue weighted by atomic mass is 16.4. The van der Waals surface area contributed by atoms with Crippen LogP contribution in [-0.2, 0) is 25.6 Å². The van der Waals surface area contributed by atoms with Gasteiger partial charge in [0.15, 0.2) is 0 Å². The normalized spacial score (nSPS) is 14.7. The molecule has 9 heteroatoms. The molecule has 1 rings (SSSR count). The first-order chi connectivity index (χ1) is 14.0. The average molecular weight is 421 g/mol. The van der Waals surface area contributed by atoms with Crippen LogP contribution in [0.15, 0.2) is 24.3 Å². The summed E-state index contributed by atoms with van der Waals surface area (Å²) in [5.74, 6) is -2.79. The smallest absolute Gasteiger partial charge is 0.326 e. The highest BCUT2D eigenvalue weighted by molar-refractivity contribution is 5.93. The summed E-state index contributed by atoms with van der Waals surface area (Å²) in [7, 11) is 1.38. The Hall–Kier alpha value is -3.10. The topological polar surface area (TPSA) is 136 Å². The first-order valence-corrected chi connectivity index (χ1v) is 9.82. The molecule has 0 radical (unpaired) electrons. The van der Waals surface area contributed by atoms with Gasteiger partial charge >= 0.3 is 5.97 Å². The first-order valence-electron chi connectivity index (χ1n) is 9.82. The van der Waals surface area contributed by atoms with Crippen LogP contribution in [0.1, 0.15) is 39.7 Å². The highest BCUT2D eigenvalue weighted by Gasteiger charge is 2.34. The van der Waals surface area contributed by atoms with E-state index in [1.54, 1.807) is 19.1 Å². The van der Waals surface area contributed by atoms with Crippen molar-refractivity contribution in [1.82, 2.24) is 15.5 Å². The lowest BCUT2D eigenvalue weighted by Gasteiger charge is -2.31. The predicted octanol–water partition coefficient (Wildman–Crippen LogP) is 0.902. The van der Waals surface area contributed by atoms with E-state index in [9.17, 15) is 29.4 Å². The molecule has 9 nitrogen and oxygen atoms in total. The molecule has 0 spiro atoms. The van der Waals surface area contributed by atoms with Crippen molar-refractivity contribution in [1.29, 1.82) is 0 Å². The Balaban J connectivity index is 3.06. The number of aliphatic carboxylic acids is 1. The number of nitrogens with zero attached hydrogens (tertiary/aromatic N) is 1. The van der Waals surface area contributed by atoms with E-state index in [0.29, 0.717) is 12.0 Å². The van der Waals surface area contributed by atoms with E-state index in [2.05, 4.69) is 10.6 Å². The molecule has 30 heavy (non-hydrogen) atoms. The zero-order valence-corrected chi connectivity index (χ0v) is 18.0. The van der Waals surface area contributed by atoms with Gasteiger partial charge in [-0.25, -0.2) is 4.79 Å². The Kier molecular flexibility index (Phi) is 9.29. The van der Waals surface area contributed by atoms with E-state index in [1.807, 2.05) is 6.92 Å². The van der Waals surface area contributed by atoms with E-state index in [1.165, 1.54) is 33.0 Å². The molecule has 0 unspecified atom stereocenters. The number of hydrogen-bond acceptors (Lipinski definition) is 5. The molecule has 0 fully saturated rings. The number of rotatable bonds is 10. The molecule has 166 valence electrons. The first kappa shape index (κ1) is 24.9. The summed E-state index contributed by atoms with van der Waals surface area (Å²) in [6, 6.07) is 3.30. The maximum absolute atomic E-state index is 12.9. The van der Waals surface area contributed by atoms with Crippen LogP contribution in [-0.4, -0.2) is 64.0 Å². The van der Waals surface area contributed by atoms with Gasteiger partial charge in [0.05, 0.1) is 0 Å². The SMILES string of the molecule is CC[C@H](C)[C@H](NC(=O)[C@H](Cc1ccc(O)cc1)NC(C)=O)C(=O)N(C)[C@@H](C)C(=O)O. The molecule has 0 saturated heterocycles. The monoisotopic (exact) mass is 421 g/mol. The predicted molar refractivity (Wildman–Crippen MR) is 111 cm³/mol. The van der Waals surface area contributed by atoms with Gasteiger partial charge in [0.25, 0.3) is 0 Å². The molecule has 0 bridgehead atoms. The van der Waals surface area contributed by atoms with Crippen LogP contribution in [0.4, 0.5) is 0 Å². The molecule has 1 aromatic rings. The van der Waals surface area contributed by atoms with Crippen molar-refractivity contribution in [2.24, 2.45) is 5.92 Å². The fraction of sp³-hybridized carbons (Fsp3) is 0.524. The summed E-state index contributed by atoms with van der Waals surface area (Å²) in [4.78, 5) is 49.8. The summed E-state index contributed by atoms with van der Waals surface area (Å²) < 4.78 is 0. The third kappa shape index (κ3) is 7.06. The van der Waals surface area contributed by atoms with Crippen LogP contribution in [0, 0.1) is 5.92 Å². The number of carbonyl (C=O) groups is 4. The number of benzene rings is 1. The Bertz CT molecular complexity index is 765. The Labute approximate surface area is 176 Å². The number of hydrogen-bond donors (Lipinski definition) is 4. The molecule has 4 atom stereocenters. The molecular weight excluding hydrogens is 390 g/mol.